The van der Waals surface area contributed by atoms with E-state index in [0.29, 0.717) is 6.42 Å². The van der Waals surface area contributed by atoms with E-state index in [-0.39, 0.29) is 0 Å². The molecule has 0 spiro atoms. The standard InChI is InChI=1S/C17H21NOS/c1-17(19,10-13-6-5-7-13)11-16-18-15(12-20-16)14-8-3-2-4-9-14/h2-4,8-9,12-13,19H,5-7,10-11H2,1H3. The molecule has 1 aliphatic carbocycles. The van der Waals surface area contributed by atoms with Crippen molar-refractivity contribution in [2.45, 2.75) is 44.6 Å². The summed E-state index contributed by atoms with van der Waals surface area (Å²) in [7, 11) is 0. The molecule has 1 fully saturated rings. The Labute approximate surface area is 124 Å². The minimum atomic E-state index is -0.614. The molecule has 20 heavy (non-hydrogen) atoms. The summed E-state index contributed by atoms with van der Waals surface area (Å²) in [6.45, 7) is 1.95. The van der Waals surface area contributed by atoms with Crippen LogP contribution in [0.15, 0.2) is 35.7 Å². The number of hydrogen-bond acceptors (Lipinski definition) is 3. The normalized spacial score (nSPS) is 18.5. The first-order chi connectivity index (χ1) is 9.62. The van der Waals surface area contributed by atoms with Crippen LogP contribution in [0.1, 0.15) is 37.6 Å². The van der Waals surface area contributed by atoms with Crippen LogP contribution in [0.25, 0.3) is 11.3 Å². The molecule has 1 unspecified atom stereocenters. The lowest BCUT2D eigenvalue weighted by molar-refractivity contribution is 0.0204. The predicted octanol–water partition coefficient (Wildman–Crippen LogP) is 4.29. The van der Waals surface area contributed by atoms with Gasteiger partial charge in [0.1, 0.15) is 0 Å². The summed E-state index contributed by atoms with van der Waals surface area (Å²) >= 11 is 1.65. The Kier molecular flexibility index (Phi) is 3.90. The van der Waals surface area contributed by atoms with Crippen molar-refractivity contribution in [3.05, 3.63) is 40.7 Å². The maximum Gasteiger partial charge on any atom is 0.0961 e. The van der Waals surface area contributed by atoms with Crippen LogP contribution in [0.4, 0.5) is 0 Å². The Morgan fingerprint density at radius 3 is 2.70 bits per heavy atom. The second-order valence-corrected chi connectivity index (χ2v) is 7.11. The van der Waals surface area contributed by atoms with Gasteiger partial charge >= 0.3 is 0 Å². The Hall–Kier alpha value is -1.19. The minimum Gasteiger partial charge on any atom is -0.390 e. The topological polar surface area (TPSA) is 33.1 Å². The first-order valence-electron chi connectivity index (χ1n) is 7.35. The fourth-order valence-corrected chi connectivity index (χ4v) is 3.83. The van der Waals surface area contributed by atoms with Gasteiger partial charge in [-0.3, -0.25) is 0 Å². The molecule has 1 aliphatic rings. The van der Waals surface area contributed by atoms with E-state index in [0.717, 1.165) is 28.6 Å². The van der Waals surface area contributed by atoms with E-state index < -0.39 is 5.60 Å². The molecule has 1 heterocycles. The van der Waals surface area contributed by atoms with Crippen molar-refractivity contribution < 1.29 is 5.11 Å². The van der Waals surface area contributed by atoms with Crippen LogP contribution in [-0.4, -0.2) is 15.7 Å². The molecule has 1 aromatic heterocycles. The molecule has 0 radical (unpaired) electrons. The highest BCUT2D eigenvalue weighted by Gasteiger charge is 2.30. The Bertz CT molecular complexity index is 557. The molecule has 0 amide bonds. The first kappa shape index (κ1) is 13.8. The van der Waals surface area contributed by atoms with Gasteiger partial charge in [-0.15, -0.1) is 11.3 Å². The molecule has 1 N–H and O–H groups in total. The largest absolute Gasteiger partial charge is 0.390 e. The smallest absolute Gasteiger partial charge is 0.0961 e. The number of aromatic nitrogens is 1. The molecule has 2 nitrogen and oxygen atoms in total. The third-order valence-electron chi connectivity index (χ3n) is 4.11. The maximum absolute atomic E-state index is 10.5. The number of nitrogens with zero attached hydrogens (tertiary/aromatic N) is 1. The van der Waals surface area contributed by atoms with Gasteiger partial charge < -0.3 is 5.11 Å². The molecular weight excluding hydrogens is 266 g/mol. The van der Waals surface area contributed by atoms with E-state index in [4.69, 9.17) is 0 Å². The zero-order valence-corrected chi connectivity index (χ0v) is 12.7. The van der Waals surface area contributed by atoms with Crippen molar-refractivity contribution in [2.24, 2.45) is 5.92 Å². The Balaban J connectivity index is 1.67. The summed E-state index contributed by atoms with van der Waals surface area (Å²) in [5.41, 5.74) is 1.55. The molecule has 3 heteroatoms. The summed E-state index contributed by atoms with van der Waals surface area (Å²) in [5.74, 6) is 0.721. The highest BCUT2D eigenvalue weighted by molar-refractivity contribution is 7.09. The second kappa shape index (κ2) is 5.66. The van der Waals surface area contributed by atoms with E-state index in [1.807, 2.05) is 25.1 Å². The minimum absolute atomic E-state index is 0.614. The zero-order valence-electron chi connectivity index (χ0n) is 11.9. The van der Waals surface area contributed by atoms with Crippen LogP contribution in [0.5, 0.6) is 0 Å². The fraction of sp³-hybridized carbons (Fsp3) is 0.471. The first-order valence-corrected chi connectivity index (χ1v) is 8.23. The third-order valence-corrected chi connectivity index (χ3v) is 4.96. The molecule has 3 rings (SSSR count). The lowest BCUT2D eigenvalue weighted by Gasteiger charge is -2.33. The number of thiazole rings is 1. The molecule has 2 aromatic rings. The van der Waals surface area contributed by atoms with Crippen LogP contribution in [0.2, 0.25) is 0 Å². The SMILES string of the molecule is CC(O)(Cc1nc(-c2ccccc2)cs1)CC1CCC1. The van der Waals surface area contributed by atoms with Gasteiger partial charge in [0, 0.05) is 17.4 Å². The summed E-state index contributed by atoms with van der Waals surface area (Å²) < 4.78 is 0. The molecule has 0 saturated heterocycles. The average molecular weight is 287 g/mol. The molecule has 1 saturated carbocycles. The van der Waals surface area contributed by atoms with Crippen LogP contribution in [-0.2, 0) is 6.42 Å². The van der Waals surface area contributed by atoms with Gasteiger partial charge in [-0.2, -0.15) is 0 Å². The second-order valence-electron chi connectivity index (χ2n) is 6.17. The van der Waals surface area contributed by atoms with E-state index in [2.05, 4.69) is 22.5 Å². The molecule has 0 aliphatic heterocycles. The van der Waals surface area contributed by atoms with Gasteiger partial charge in [-0.1, -0.05) is 49.6 Å². The fourth-order valence-electron chi connectivity index (χ4n) is 2.85. The van der Waals surface area contributed by atoms with E-state index in [1.54, 1.807) is 11.3 Å². The van der Waals surface area contributed by atoms with Gasteiger partial charge in [0.2, 0.25) is 0 Å². The van der Waals surface area contributed by atoms with Crippen molar-refractivity contribution in [1.29, 1.82) is 0 Å². The lowest BCUT2D eigenvalue weighted by atomic mass is 9.77. The number of rotatable bonds is 5. The molecule has 0 bridgehead atoms. The highest BCUT2D eigenvalue weighted by Crippen LogP contribution is 2.35. The molecule has 1 atom stereocenters. The molecule has 1 aromatic carbocycles. The monoisotopic (exact) mass is 287 g/mol. The van der Waals surface area contributed by atoms with Gasteiger partial charge in [-0.05, 0) is 19.3 Å². The van der Waals surface area contributed by atoms with Gasteiger partial charge in [0.05, 0.1) is 16.3 Å². The van der Waals surface area contributed by atoms with E-state index in [9.17, 15) is 5.11 Å². The van der Waals surface area contributed by atoms with Crippen molar-refractivity contribution in [1.82, 2.24) is 4.98 Å². The quantitative estimate of drug-likeness (QED) is 0.889. The van der Waals surface area contributed by atoms with Crippen molar-refractivity contribution >= 4 is 11.3 Å². The third kappa shape index (κ3) is 3.28. The molecular formula is C17H21NOS. The molecule has 106 valence electrons. The zero-order chi connectivity index (χ0) is 14.0. The predicted molar refractivity (Wildman–Crippen MR) is 83.8 cm³/mol. The summed E-state index contributed by atoms with van der Waals surface area (Å²) in [6.07, 6.45) is 5.47. The van der Waals surface area contributed by atoms with Crippen molar-refractivity contribution in [2.75, 3.05) is 0 Å². The average Bonchev–Trinajstić information content (AvgIpc) is 2.83. The van der Waals surface area contributed by atoms with E-state index >= 15 is 0 Å². The Morgan fingerprint density at radius 2 is 2.05 bits per heavy atom. The highest BCUT2D eigenvalue weighted by atomic mass is 32.1. The summed E-state index contributed by atoms with van der Waals surface area (Å²) in [6, 6.07) is 10.2. The lowest BCUT2D eigenvalue weighted by Crippen LogP contribution is -2.32. The van der Waals surface area contributed by atoms with Crippen molar-refractivity contribution in [3.8, 4) is 11.3 Å². The number of hydrogen-bond donors (Lipinski definition) is 1. The van der Waals surface area contributed by atoms with E-state index in [1.165, 1.54) is 19.3 Å². The van der Waals surface area contributed by atoms with Gasteiger partial charge in [-0.25, -0.2) is 4.98 Å². The van der Waals surface area contributed by atoms with Crippen LogP contribution in [0, 0.1) is 5.92 Å². The van der Waals surface area contributed by atoms with Crippen molar-refractivity contribution in [3.63, 3.8) is 0 Å². The number of benzene rings is 1. The number of aliphatic hydroxyl groups is 1. The Morgan fingerprint density at radius 1 is 1.30 bits per heavy atom. The summed E-state index contributed by atoms with van der Waals surface area (Å²) in [5, 5.41) is 13.7. The summed E-state index contributed by atoms with van der Waals surface area (Å²) in [4.78, 5) is 4.68. The maximum atomic E-state index is 10.5. The van der Waals surface area contributed by atoms with Crippen LogP contribution in [0.3, 0.4) is 0 Å². The van der Waals surface area contributed by atoms with Crippen LogP contribution < -0.4 is 0 Å². The van der Waals surface area contributed by atoms with Gasteiger partial charge in [0.25, 0.3) is 0 Å². The van der Waals surface area contributed by atoms with Gasteiger partial charge in [0.15, 0.2) is 0 Å². The van der Waals surface area contributed by atoms with Crippen LogP contribution >= 0.6 is 11.3 Å².